The van der Waals surface area contributed by atoms with Gasteiger partial charge in [-0.05, 0) is 38.5 Å². The van der Waals surface area contributed by atoms with E-state index in [2.05, 4.69) is 12.2 Å². The number of aliphatic hydroxyl groups is 1. The minimum Gasteiger partial charge on any atom is -0.550 e. The van der Waals surface area contributed by atoms with Crippen LogP contribution in [0.2, 0.25) is 0 Å². The lowest BCUT2D eigenvalue weighted by Crippen LogP contribution is -2.44. The number of carboxylic acids is 1. The maximum atomic E-state index is 10.9. The molecule has 0 radical (unpaired) electrons. The molecule has 30 heavy (non-hydrogen) atoms. The van der Waals surface area contributed by atoms with Crippen molar-refractivity contribution in [3.8, 4) is 0 Å². The molecule has 0 aliphatic heterocycles. The topological polar surface area (TPSA) is 69.6 Å². The normalized spacial score (nSPS) is 13.2. The molecule has 1 unspecified atom stereocenters. The van der Waals surface area contributed by atoms with Crippen LogP contribution >= 0.6 is 0 Å². The van der Waals surface area contributed by atoms with Gasteiger partial charge in [-0.25, -0.2) is 0 Å². The summed E-state index contributed by atoms with van der Waals surface area (Å²) in [6.45, 7) is 1.66. The number of aliphatic hydroxyl groups excluding tert-OH is 1. The molecule has 0 bridgehead atoms. The maximum Gasteiger partial charge on any atom is 0.112 e. The van der Waals surface area contributed by atoms with E-state index >= 15 is 0 Å². The number of carboxylic acid groups (broad SMARTS) is 1. The molecule has 0 fully saturated rings. The molecule has 5 heteroatoms. The van der Waals surface area contributed by atoms with Crippen LogP contribution in [0.4, 0.5) is 0 Å². The molecule has 0 aromatic carbocycles. The lowest BCUT2D eigenvalue weighted by molar-refractivity contribution is -0.873. The Kier molecular flexibility index (Phi) is 19.4. The zero-order valence-electron chi connectivity index (χ0n) is 20.1. The van der Waals surface area contributed by atoms with E-state index < -0.39 is 5.97 Å². The fraction of sp³-hybridized carbons (Fsp3) is 0.880. The zero-order chi connectivity index (χ0) is 22.5. The number of hydrogen-bond donors (Lipinski definition) is 1. The monoisotopic (exact) mass is 427 g/mol. The SMILES string of the molecule is C[N+](C)(C)CC(CC(=O)[O-])OCCCCCCCCC=CCCCCCCCCO. The second-order valence-electron chi connectivity index (χ2n) is 9.56. The van der Waals surface area contributed by atoms with Crippen LogP contribution in [0.1, 0.15) is 96.3 Å². The number of carbonyl (C=O) groups is 1. The van der Waals surface area contributed by atoms with Crippen molar-refractivity contribution in [2.24, 2.45) is 0 Å². The number of allylic oxidation sites excluding steroid dienone is 2. The Hall–Kier alpha value is -0.910. The van der Waals surface area contributed by atoms with Crippen LogP contribution in [-0.2, 0) is 9.53 Å². The molecule has 0 aliphatic rings. The summed E-state index contributed by atoms with van der Waals surface area (Å²) in [5.41, 5.74) is 0. The molecule has 0 saturated carbocycles. The maximum absolute atomic E-state index is 10.9. The molecule has 1 atom stereocenters. The highest BCUT2D eigenvalue weighted by Gasteiger charge is 2.18. The number of aliphatic carboxylic acids is 1. The highest BCUT2D eigenvalue weighted by Crippen LogP contribution is 2.11. The van der Waals surface area contributed by atoms with E-state index in [1.165, 1.54) is 70.6 Å². The fourth-order valence-corrected chi connectivity index (χ4v) is 3.61. The van der Waals surface area contributed by atoms with Crippen molar-refractivity contribution in [3.63, 3.8) is 0 Å². The van der Waals surface area contributed by atoms with E-state index in [9.17, 15) is 9.90 Å². The number of likely N-dealkylation sites (N-methyl/N-ethyl adjacent to an activating group) is 1. The number of unbranched alkanes of at least 4 members (excludes halogenated alkanes) is 12. The highest BCUT2D eigenvalue weighted by molar-refractivity contribution is 5.64. The Balaban J connectivity index is 3.45. The van der Waals surface area contributed by atoms with Gasteiger partial charge < -0.3 is 24.2 Å². The van der Waals surface area contributed by atoms with Crippen molar-refractivity contribution in [2.75, 3.05) is 40.9 Å². The lowest BCUT2D eigenvalue weighted by Gasteiger charge is -2.29. The van der Waals surface area contributed by atoms with Gasteiger partial charge in [0.05, 0.1) is 21.1 Å². The second-order valence-corrected chi connectivity index (χ2v) is 9.56. The Morgan fingerprint density at radius 3 is 1.77 bits per heavy atom. The predicted molar refractivity (Wildman–Crippen MR) is 123 cm³/mol. The molecule has 0 aliphatic carbocycles. The lowest BCUT2D eigenvalue weighted by atomic mass is 10.1. The molecule has 0 aromatic rings. The fourth-order valence-electron chi connectivity index (χ4n) is 3.61. The van der Waals surface area contributed by atoms with Gasteiger partial charge >= 0.3 is 0 Å². The number of carbonyl (C=O) groups excluding carboxylic acids is 1. The number of quaternary nitrogens is 1. The van der Waals surface area contributed by atoms with Crippen molar-refractivity contribution < 1.29 is 24.2 Å². The van der Waals surface area contributed by atoms with Gasteiger partial charge in [-0.2, -0.15) is 0 Å². The predicted octanol–water partition coefficient (Wildman–Crippen LogP) is 4.23. The number of hydrogen-bond acceptors (Lipinski definition) is 4. The van der Waals surface area contributed by atoms with E-state index in [-0.39, 0.29) is 12.5 Å². The molecule has 0 saturated heterocycles. The van der Waals surface area contributed by atoms with Gasteiger partial charge in [0.15, 0.2) is 0 Å². The zero-order valence-corrected chi connectivity index (χ0v) is 20.1. The third-order valence-corrected chi connectivity index (χ3v) is 5.21. The first-order chi connectivity index (χ1) is 14.3. The number of ether oxygens (including phenoxy) is 1. The van der Waals surface area contributed by atoms with Crippen LogP contribution in [0.15, 0.2) is 12.2 Å². The van der Waals surface area contributed by atoms with Gasteiger partial charge in [0.1, 0.15) is 12.6 Å². The Labute approximate surface area is 186 Å². The average Bonchev–Trinajstić information content (AvgIpc) is 2.65. The van der Waals surface area contributed by atoms with Crippen molar-refractivity contribution in [2.45, 2.75) is 102 Å². The first-order valence-corrected chi connectivity index (χ1v) is 12.2. The number of rotatable bonds is 22. The third kappa shape index (κ3) is 23.4. The van der Waals surface area contributed by atoms with E-state index in [0.717, 1.165) is 19.3 Å². The van der Waals surface area contributed by atoms with Gasteiger partial charge in [0.2, 0.25) is 0 Å². The summed E-state index contributed by atoms with van der Waals surface area (Å²) in [6, 6.07) is 0. The van der Waals surface area contributed by atoms with Crippen LogP contribution in [0.5, 0.6) is 0 Å². The van der Waals surface area contributed by atoms with Crippen LogP contribution in [-0.4, -0.2) is 62.6 Å². The third-order valence-electron chi connectivity index (χ3n) is 5.21. The second kappa shape index (κ2) is 20.0. The summed E-state index contributed by atoms with van der Waals surface area (Å²) >= 11 is 0. The summed E-state index contributed by atoms with van der Waals surface area (Å²) in [4.78, 5) is 10.9. The van der Waals surface area contributed by atoms with Gasteiger partial charge in [-0.1, -0.05) is 63.5 Å². The molecule has 5 nitrogen and oxygen atoms in total. The molecular formula is C25H49NO4. The quantitative estimate of drug-likeness (QED) is 0.159. The van der Waals surface area contributed by atoms with Gasteiger partial charge in [0, 0.05) is 25.6 Å². The summed E-state index contributed by atoms with van der Waals surface area (Å²) in [5.74, 6) is -1.03. The highest BCUT2D eigenvalue weighted by atomic mass is 16.5. The minimum absolute atomic E-state index is 0.0202. The van der Waals surface area contributed by atoms with Crippen LogP contribution < -0.4 is 5.11 Å². The standard InChI is InChI=1S/C25H49NO4/c1-26(2,3)23-24(22-25(28)29)30-21-19-17-15-13-11-9-7-5-4-6-8-10-12-14-16-18-20-27/h4-5,24,27H,6-23H2,1-3H3. The van der Waals surface area contributed by atoms with Gasteiger partial charge in [-0.3, -0.25) is 0 Å². The average molecular weight is 428 g/mol. The summed E-state index contributed by atoms with van der Waals surface area (Å²) in [6.07, 6.45) is 21.3. The molecule has 0 aromatic heterocycles. The summed E-state index contributed by atoms with van der Waals surface area (Å²) in [5, 5.41) is 19.6. The van der Waals surface area contributed by atoms with E-state index in [1.54, 1.807) is 0 Å². The van der Waals surface area contributed by atoms with E-state index in [1.807, 2.05) is 21.1 Å². The Morgan fingerprint density at radius 1 is 0.833 bits per heavy atom. The first-order valence-electron chi connectivity index (χ1n) is 12.2. The molecule has 0 heterocycles. The van der Waals surface area contributed by atoms with Crippen LogP contribution in [0, 0.1) is 0 Å². The first kappa shape index (κ1) is 29.1. The van der Waals surface area contributed by atoms with Crippen LogP contribution in [0.25, 0.3) is 0 Å². The van der Waals surface area contributed by atoms with Crippen molar-refractivity contribution in [1.82, 2.24) is 0 Å². The Morgan fingerprint density at radius 2 is 1.30 bits per heavy atom. The smallest absolute Gasteiger partial charge is 0.112 e. The van der Waals surface area contributed by atoms with Crippen LogP contribution in [0.3, 0.4) is 0 Å². The molecule has 0 spiro atoms. The van der Waals surface area contributed by atoms with Crippen molar-refractivity contribution in [3.05, 3.63) is 12.2 Å². The van der Waals surface area contributed by atoms with Crippen molar-refractivity contribution in [1.29, 1.82) is 0 Å². The minimum atomic E-state index is -1.03. The summed E-state index contributed by atoms with van der Waals surface area (Å²) in [7, 11) is 6.14. The Bertz CT molecular complexity index is 418. The molecule has 1 N–H and O–H groups in total. The van der Waals surface area contributed by atoms with Crippen molar-refractivity contribution >= 4 is 5.97 Å². The number of nitrogens with zero attached hydrogens (tertiary/aromatic N) is 1. The van der Waals surface area contributed by atoms with Gasteiger partial charge in [0.25, 0.3) is 0 Å². The van der Waals surface area contributed by atoms with E-state index in [0.29, 0.717) is 24.2 Å². The molecule has 178 valence electrons. The molecular weight excluding hydrogens is 378 g/mol. The van der Waals surface area contributed by atoms with E-state index in [4.69, 9.17) is 9.84 Å². The largest absolute Gasteiger partial charge is 0.550 e. The summed E-state index contributed by atoms with van der Waals surface area (Å²) < 4.78 is 6.49. The molecule has 0 amide bonds. The van der Waals surface area contributed by atoms with Gasteiger partial charge in [-0.15, -0.1) is 0 Å². The molecule has 0 rings (SSSR count).